The highest BCUT2D eigenvalue weighted by Gasteiger charge is 2.32. The minimum absolute atomic E-state index is 0.0503. The highest BCUT2D eigenvalue weighted by molar-refractivity contribution is 7.92. The standard InChI is InChI=1S/C27H36F3N3O4S/c1-6-24(26(35)31-19(2)3)32(18-21-12-8-7-11-20(21)4)25(34)15-10-16-33(38(5,36)37)23-14-9-13-22(17-23)27(28,29)30/h7-9,11-14,17,19,24H,6,10,15-16,18H2,1-5H3,(H,31,35)/t24-/m0/s1. The SMILES string of the molecule is CC[C@@H](C(=O)NC(C)C)N(Cc1ccccc1C)C(=O)CCCN(c1cccc(C(F)(F)F)c1)S(C)(=O)=O. The molecule has 0 heterocycles. The number of benzene rings is 2. The summed E-state index contributed by atoms with van der Waals surface area (Å²) in [4.78, 5) is 27.9. The fourth-order valence-electron chi connectivity index (χ4n) is 4.11. The molecule has 7 nitrogen and oxygen atoms in total. The Morgan fingerprint density at radius 3 is 2.26 bits per heavy atom. The second-order valence-electron chi connectivity index (χ2n) is 9.52. The van der Waals surface area contributed by atoms with E-state index in [1.807, 2.05) is 52.0 Å². The number of hydrogen-bond donors (Lipinski definition) is 1. The van der Waals surface area contributed by atoms with Crippen molar-refractivity contribution in [1.29, 1.82) is 0 Å². The molecule has 2 rings (SSSR count). The number of halogens is 3. The lowest BCUT2D eigenvalue weighted by Gasteiger charge is -2.32. The minimum atomic E-state index is -4.63. The zero-order valence-corrected chi connectivity index (χ0v) is 23.2. The fraction of sp³-hybridized carbons (Fsp3) is 0.481. The zero-order valence-electron chi connectivity index (χ0n) is 22.4. The third kappa shape index (κ3) is 8.75. The van der Waals surface area contributed by atoms with Gasteiger partial charge >= 0.3 is 6.18 Å². The van der Waals surface area contributed by atoms with Crippen molar-refractivity contribution < 1.29 is 31.2 Å². The van der Waals surface area contributed by atoms with Crippen molar-refractivity contribution in [3.05, 3.63) is 65.2 Å². The summed E-state index contributed by atoms with van der Waals surface area (Å²) >= 11 is 0. The van der Waals surface area contributed by atoms with E-state index in [1.54, 1.807) is 0 Å². The number of nitrogens with zero attached hydrogens (tertiary/aromatic N) is 2. The Kier molecular flexibility index (Phi) is 10.8. The van der Waals surface area contributed by atoms with Crippen LogP contribution in [0.5, 0.6) is 0 Å². The topological polar surface area (TPSA) is 86.8 Å². The maximum atomic E-state index is 13.4. The first-order valence-corrected chi connectivity index (χ1v) is 14.3. The van der Waals surface area contributed by atoms with Gasteiger partial charge in [-0.05, 0) is 62.9 Å². The van der Waals surface area contributed by atoms with Crippen molar-refractivity contribution in [2.24, 2.45) is 0 Å². The molecule has 38 heavy (non-hydrogen) atoms. The van der Waals surface area contributed by atoms with Gasteiger partial charge in [0.1, 0.15) is 6.04 Å². The fourth-order valence-corrected chi connectivity index (χ4v) is 5.07. The van der Waals surface area contributed by atoms with Crippen molar-refractivity contribution in [2.45, 2.75) is 71.8 Å². The van der Waals surface area contributed by atoms with Gasteiger partial charge in [-0.1, -0.05) is 37.3 Å². The van der Waals surface area contributed by atoms with Crippen molar-refractivity contribution in [3.63, 3.8) is 0 Å². The summed E-state index contributed by atoms with van der Waals surface area (Å²) in [6.45, 7) is 7.36. The van der Waals surface area contributed by atoms with Crippen LogP contribution in [0.2, 0.25) is 0 Å². The summed E-state index contributed by atoms with van der Waals surface area (Å²) in [6, 6.07) is 10.7. The van der Waals surface area contributed by atoms with Crippen LogP contribution in [0.3, 0.4) is 0 Å². The summed E-state index contributed by atoms with van der Waals surface area (Å²) in [5.74, 6) is -0.636. The smallest absolute Gasteiger partial charge is 0.352 e. The molecule has 0 spiro atoms. The number of hydrogen-bond acceptors (Lipinski definition) is 4. The van der Waals surface area contributed by atoms with Crippen LogP contribution in [0, 0.1) is 6.92 Å². The van der Waals surface area contributed by atoms with Crippen LogP contribution in [0.4, 0.5) is 18.9 Å². The summed E-state index contributed by atoms with van der Waals surface area (Å²) < 4.78 is 65.3. The highest BCUT2D eigenvalue weighted by atomic mass is 32.2. The van der Waals surface area contributed by atoms with Gasteiger partial charge in [-0.25, -0.2) is 8.42 Å². The Hall–Kier alpha value is -3.08. The van der Waals surface area contributed by atoms with E-state index in [2.05, 4.69) is 5.32 Å². The molecule has 0 bridgehead atoms. The number of amides is 2. The lowest BCUT2D eigenvalue weighted by Crippen LogP contribution is -2.50. The second-order valence-corrected chi connectivity index (χ2v) is 11.4. The Labute approximate surface area is 223 Å². The Morgan fingerprint density at radius 2 is 1.71 bits per heavy atom. The predicted octanol–water partition coefficient (Wildman–Crippen LogP) is 4.89. The number of carbonyl (C=O) groups excluding carboxylic acids is 2. The first-order chi connectivity index (χ1) is 17.6. The predicted molar refractivity (Wildman–Crippen MR) is 142 cm³/mol. The van der Waals surface area contributed by atoms with Gasteiger partial charge in [-0.3, -0.25) is 13.9 Å². The zero-order chi connectivity index (χ0) is 28.7. The summed E-state index contributed by atoms with van der Waals surface area (Å²) in [5, 5.41) is 2.85. The van der Waals surface area contributed by atoms with Gasteiger partial charge in [0, 0.05) is 25.6 Å². The molecule has 2 aromatic carbocycles. The van der Waals surface area contributed by atoms with Gasteiger partial charge < -0.3 is 10.2 Å². The van der Waals surface area contributed by atoms with E-state index in [0.29, 0.717) is 6.42 Å². The quantitative estimate of drug-likeness (QED) is 0.404. The van der Waals surface area contributed by atoms with Crippen LogP contribution in [0.25, 0.3) is 0 Å². The van der Waals surface area contributed by atoms with Gasteiger partial charge in [-0.15, -0.1) is 0 Å². The number of anilines is 1. The van der Waals surface area contributed by atoms with E-state index >= 15 is 0 Å². The van der Waals surface area contributed by atoms with E-state index in [-0.39, 0.29) is 49.5 Å². The molecule has 0 fully saturated rings. The van der Waals surface area contributed by atoms with Crippen LogP contribution in [0.15, 0.2) is 48.5 Å². The molecule has 0 aliphatic carbocycles. The van der Waals surface area contributed by atoms with Crippen molar-refractivity contribution in [2.75, 3.05) is 17.1 Å². The molecular formula is C27H36F3N3O4S. The molecule has 0 saturated carbocycles. The van der Waals surface area contributed by atoms with Gasteiger partial charge in [0.2, 0.25) is 21.8 Å². The van der Waals surface area contributed by atoms with E-state index < -0.39 is 27.8 Å². The Morgan fingerprint density at radius 1 is 1.05 bits per heavy atom. The van der Waals surface area contributed by atoms with E-state index in [9.17, 15) is 31.2 Å². The third-order valence-corrected chi connectivity index (χ3v) is 7.23. The van der Waals surface area contributed by atoms with Crippen LogP contribution >= 0.6 is 0 Å². The number of nitrogens with one attached hydrogen (secondary N) is 1. The normalized spacial score (nSPS) is 12.8. The number of rotatable bonds is 12. The molecule has 11 heteroatoms. The number of alkyl halides is 3. The molecule has 0 radical (unpaired) electrons. The van der Waals surface area contributed by atoms with Crippen molar-refractivity contribution >= 4 is 27.5 Å². The molecule has 0 aromatic heterocycles. The molecule has 0 aliphatic heterocycles. The summed E-state index contributed by atoms with van der Waals surface area (Å²) in [5.41, 5.74) is 0.732. The Balaban J connectivity index is 2.27. The van der Waals surface area contributed by atoms with Crippen LogP contribution in [-0.2, 0) is 32.3 Å². The summed E-state index contributed by atoms with van der Waals surface area (Å²) in [6.07, 6.45) is -3.40. The number of carbonyl (C=O) groups is 2. The molecule has 0 saturated heterocycles. The molecular weight excluding hydrogens is 519 g/mol. The molecule has 1 atom stereocenters. The molecule has 2 aromatic rings. The van der Waals surface area contributed by atoms with Crippen molar-refractivity contribution in [1.82, 2.24) is 10.2 Å². The lowest BCUT2D eigenvalue weighted by molar-refractivity contribution is -0.141. The first kappa shape index (κ1) is 31.1. The van der Waals surface area contributed by atoms with E-state index in [0.717, 1.165) is 39.9 Å². The highest BCUT2D eigenvalue weighted by Crippen LogP contribution is 2.32. The van der Waals surface area contributed by atoms with E-state index in [1.165, 1.54) is 11.0 Å². The maximum absolute atomic E-state index is 13.4. The average molecular weight is 556 g/mol. The monoisotopic (exact) mass is 555 g/mol. The summed E-state index contributed by atoms with van der Waals surface area (Å²) in [7, 11) is -3.92. The molecule has 0 aliphatic rings. The molecule has 210 valence electrons. The number of sulfonamides is 1. The van der Waals surface area contributed by atoms with Crippen molar-refractivity contribution in [3.8, 4) is 0 Å². The number of aryl methyl sites for hydroxylation is 1. The van der Waals surface area contributed by atoms with Gasteiger partial charge in [-0.2, -0.15) is 13.2 Å². The third-order valence-electron chi connectivity index (χ3n) is 6.03. The first-order valence-electron chi connectivity index (χ1n) is 12.4. The minimum Gasteiger partial charge on any atom is -0.352 e. The van der Waals surface area contributed by atoms with E-state index in [4.69, 9.17) is 0 Å². The molecule has 2 amide bonds. The largest absolute Gasteiger partial charge is 0.416 e. The maximum Gasteiger partial charge on any atom is 0.416 e. The van der Waals surface area contributed by atoms with Gasteiger partial charge in [0.05, 0.1) is 17.5 Å². The van der Waals surface area contributed by atoms with Crippen LogP contribution in [-0.4, -0.2) is 50.0 Å². The average Bonchev–Trinajstić information content (AvgIpc) is 2.81. The van der Waals surface area contributed by atoms with Crippen LogP contribution in [0.1, 0.15) is 56.7 Å². The molecule has 0 unspecified atom stereocenters. The molecule has 1 N–H and O–H groups in total. The van der Waals surface area contributed by atoms with Gasteiger partial charge in [0.15, 0.2) is 0 Å². The van der Waals surface area contributed by atoms with Crippen LogP contribution < -0.4 is 9.62 Å². The lowest BCUT2D eigenvalue weighted by atomic mass is 10.0. The van der Waals surface area contributed by atoms with Gasteiger partial charge in [0.25, 0.3) is 0 Å². The Bertz CT molecular complexity index is 1220. The second kappa shape index (κ2) is 13.1.